The Morgan fingerprint density at radius 3 is 2.17 bits per heavy atom. The molecule has 0 aliphatic carbocycles. The lowest BCUT2D eigenvalue weighted by molar-refractivity contribution is -0.00995. The molecule has 0 aliphatic heterocycles. The van der Waals surface area contributed by atoms with Crippen molar-refractivity contribution < 1.29 is 10.2 Å². The molecular weight excluding hydrogens is 152 g/mol. The van der Waals surface area contributed by atoms with Gasteiger partial charge in [0.25, 0.3) is 0 Å². The van der Waals surface area contributed by atoms with Crippen LogP contribution in [0.1, 0.15) is 33.6 Å². The second kappa shape index (κ2) is 5.98. The van der Waals surface area contributed by atoms with Crippen LogP contribution in [0.25, 0.3) is 0 Å². The van der Waals surface area contributed by atoms with Gasteiger partial charge in [-0.2, -0.15) is 0 Å². The maximum atomic E-state index is 8.84. The Bertz CT molecular complexity index is 174. The van der Waals surface area contributed by atoms with Crippen LogP contribution in [-0.4, -0.2) is 16.5 Å². The molecule has 0 aromatic carbocycles. The fraction of sp³-hybridized carbons (Fsp3) is 0.600. The highest BCUT2D eigenvalue weighted by Gasteiger charge is 2.01. The molecule has 12 heavy (non-hydrogen) atoms. The average Bonchev–Trinajstić information content (AvgIpc) is 1.96. The predicted octanol–water partition coefficient (Wildman–Crippen LogP) is 1.99. The van der Waals surface area contributed by atoms with Gasteiger partial charge in [-0.25, -0.2) is 0 Å². The van der Waals surface area contributed by atoms with Gasteiger partial charge in [0.1, 0.15) is 0 Å². The largest absolute Gasteiger partial charge is 0.365 e. The maximum absolute atomic E-state index is 8.84. The molecule has 0 amide bonds. The van der Waals surface area contributed by atoms with Crippen molar-refractivity contribution in [2.45, 2.75) is 39.9 Å². The van der Waals surface area contributed by atoms with E-state index < -0.39 is 6.29 Å². The summed E-state index contributed by atoms with van der Waals surface area (Å²) in [7, 11) is 0. The van der Waals surface area contributed by atoms with Gasteiger partial charge in [-0.15, -0.1) is 0 Å². The number of hydrogen-bond acceptors (Lipinski definition) is 2. The van der Waals surface area contributed by atoms with Gasteiger partial charge in [-0.05, 0) is 32.3 Å². The summed E-state index contributed by atoms with van der Waals surface area (Å²) in [5.41, 5.74) is 1.93. The van der Waals surface area contributed by atoms with E-state index in [9.17, 15) is 0 Å². The van der Waals surface area contributed by atoms with Crippen LogP contribution in [-0.2, 0) is 0 Å². The molecule has 0 fully saturated rings. The minimum atomic E-state index is -1.29. The Hall–Kier alpha value is -0.600. The summed E-state index contributed by atoms with van der Waals surface area (Å²) in [6, 6.07) is 0. The summed E-state index contributed by atoms with van der Waals surface area (Å²) in [5, 5.41) is 17.7. The molecule has 0 aromatic heterocycles. The SMILES string of the molecule is CC/C(=C\CC=C(C)C)C(O)O. The lowest BCUT2D eigenvalue weighted by Crippen LogP contribution is -2.07. The normalized spacial score (nSPS) is 12.0. The molecule has 0 radical (unpaired) electrons. The van der Waals surface area contributed by atoms with Crippen molar-refractivity contribution in [2.24, 2.45) is 0 Å². The van der Waals surface area contributed by atoms with Crippen molar-refractivity contribution in [2.75, 3.05) is 0 Å². The fourth-order valence-corrected chi connectivity index (χ4v) is 0.878. The van der Waals surface area contributed by atoms with E-state index in [0.29, 0.717) is 12.0 Å². The molecule has 2 N–H and O–H groups in total. The van der Waals surface area contributed by atoms with E-state index in [1.807, 2.05) is 26.8 Å². The first-order valence-electron chi connectivity index (χ1n) is 4.26. The minimum Gasteiger partial charge on any atom is -0.365 e. The van der Waals surface area contributed by atoms with Gasteiger partial charge in [-0.3, -0.25) is 0 Å². The Kier molecular flexibility index (Phi) is 5.68. The average molecular weight is 170 g/mol. The van der Waals surface area contributed by atoms with Gasteiger partial charge in [0, 0.05) is 0 Å². The summed E-state index contributed by atoms with van der Waals surface area (Å²) < 4.78 is 0. The van der Waals surface area contributed by atoms with Crippen LogP contribution < -0.4 is 0 Å². The van der Waals surface area contributed by atoms with E-state index in [1.54, 1.807) is 0 Å². The topological polar surface area (TPSA) is 40.5 Å². The van der Waals surface area contributed by atoms with Crippen LogP contribution in [0.3, 0.4) is 0 Å². The van der Waals surface area contributed by atoms with Crippen LogP contribution in [0, 0.1) is 0 Å². The zero-order chi connectivity index (χ0) is 9.56. The first-order valence-corrected chi connectivity index (χ1v) is 4.26. The molecule has 0 saturated carbocycles. The maximum Gasteiger partial charge on any atom is 0.174 e. The van der Waals surface area contributed by atoms with E-state index in [1.165, 1.54) is 5.57 Å². The molecule has 2 nitrogen and oxygen atoms in total. The van der Waals surface area contributed by atoms with E-state index in [2.05, 4.69) is 6.08 Å². The smallest absolute Gasteiger partial charge is 0.174 e. The van der Waals surface area contributed by atoms with E-state index in [0.717, 1.165) is 6.42 Å². The van der Waals surface area contributed by atoms with Crippen LogP contribution in [0.4, 0.5) is 0 Å². The number of allylic oxidation sites excluding steroid dienone is 3. The Morgan fingerprint density at radius 1 is 1.25 bits per heavy atom. The molecule has 0 spiro atoms. The Morgan fingerprint density at radius 2 is 1.83 bits per heavy atom. The molecule has 0 aliphatic rings. The third-order valence-corrected chi connectivity index (χ3v) is 1.65. The van der Waals surface area contributed by atoms with E-state index in [-0.39, 0.29) is 0 Å². The zero-order valence-corrected chi connectivity index (χ0v) is 8.04. The molecule has 0 rings (SSSR count). The highest BCUT2D eigenvalue weighted by Crippen LogP contribution is 2.07. The molecule has 0 saturated heterocycles. The molecular formula is C10H18O2. The Labute approximate surface area is 74.2 Å². The lowest BCUT2D eigenvalue weighted by atomic mass is 10.1. The van der Waals surface area contributed by atoms with Crippen molar-refractivity contribution in [1.82, 2.24) is 0 Å². The van der Waals surface area contributed by atoms with Gasteiger partial charge in [0.15, 0.2) is 6.29 Å². The standard InChI is InChI=1S/C10H18O2/c1-4-9(10(11)12)7-5-6-8(2)3/h6-7,10-12H,4-5H2,1-3H3/b9-7+. The third kappa shape index (κ3) is 5.10. The minimum absolute atomic E-state index is 0.688. The quantitative estimate of drug-likeness (QED) is 0.500. The van der Waals surface area contributed by atoms with Crippen LogP contribution in [0.15, 0.2) is 23.3 Å². The fourth-order valence-electron chi connectivity index (χ4n) is 0.878. The van der Waals surface area contributed by atoms with Crippen molar-refractivity contribution in [1.29, 1.82) is 0 Å². The van der Waals surface area contributed by atoms with E-state index in [4.69, 9.17) is 10.2 Å². The molecule has 70 valence electrons. The first-order chi connectivity index (χ1) is 5.57. The number of rotatable bonds is 4. The molecule has 2 heteroatoms. The van der Waals surface area contributed by atoms with Crippen LogP contribution >= 0.6 is 0 Å². The predicted molar refractivity (Wildman–Crippen MR) is 50.6 cm³/mol. The second-order valence-corrected chi connectivity index (χ2v) is 3.02. The first kappa shape index (κ1) is 11.4. The van der Waals surface area contributed by atoms with Crippen LogP contribution in [0.5, 0.6) is 0 Å². The molecule has 0 aromatic rings. The van der Waals surface area contributed by atoms with Crippen molar-refractivity contribution in [3.8, 4) is 0 Å². The highest BCUT2D eigenvalue weighted by molar-refractivity contribution is 5.08. The second-order valence-electron chi connectivity index (χ2n) is 3.02. The number of aliphatic hydroxyl groups is 2. The molecule has 0 unspecified atom stereocenters. The summed E-state index contributed by atoms with van der Waals surface area (Å²) >= 11 is 0. The third-order valence-electron chi connectivity index (χ3n) is 1.65. The molecule has 0 atom stereocenters. The number of aliphatic hydroxyl groups excluding tert-OH is 1. The lowest BCUT2D eigenvalue weighted by Gasteiger charge is -2.05. The molecule has 0 heterocycles. The van der Waals surface area contributed by atoms with Gasteiger partial charge in [0.05, 0.1) is 0 Å². The van der Waals surface area contributed by atoms with Crippen molar-refractivity contribution in [3.63, 3.8) is 0 Å². The number of hydrogen-bond donors (Lipinski definition) is 2. The Balaban J connectivity index is 4.04. The van der Waals surface area contributed by atoms with Gasteiger partial charge in [-0.1, -0.05) is 24.6 Å². The van der Waals surface area contributed by atoms with Crippen molar-refractivity contribution >= 4 is 0 Å². The monoisotopic (exact) mass is 170 g/mol. The summed E-state index contributed by atoms with van der Waals surface area (Å²) in [6.45, 7) is 5.96. The van der Waals surface area contributed by atoms with E-state index >= 15 is 0 Å². The summed E-state index contributed by atoms with van der Waals surface area (Å²) in [4.78, 5) is 0. The zero-order valence-electron chi connectivity index (χ0n) is 8.04. The van der Waals surface area contributed by atoms with Gasteiger partial charge < -0.3 is 10.2 Å². The summed E-state index contributed by atoms with van der Waals surface area (Å²) in [5.74, 6) is 0. The van der Waals surface area contributed by atoms with Gasteiger partial charge in [0.2, 0.25) is 0 Å². The van der Waals surface area contributed by atoms with Crippen molar-refractivity contribution in [3.05, 3.63) is 23.3 Å². The highest BCUT2D eigenvalue weighted by atomic mass is 16.5. The molecule has 0 bridgehead atoms. The summed E-state index contributed by atoms with van der Waals surface area (Å²) in [6.07, 6.45) is 4.09. The van der Waals surface area contributed by atoms with Gasteiger partial charge >= 0.3 is 0 Å². The van der Waals surface area contributed by atoms with Crippen LogP contribution in [0.2, 0.25) is 0 Å².